The molecule has 84 valence electrons. The third-order valence-electron chi connectivity index (χ3n) is 2.21. The van der Waals surface area contributed by atoms with Crippen LogP contribution < -0.4 is 0 Å². The lowest BCUT2D eigenvalue weighted by molar-refractivity contribution is -0.167. The number of ether oxygens (including phenoxy) is 3. The maximum absolute atomic E-state index is 9.49. The number of methoxy groups -OCH3 is 2. The molecule has 1 fully saturated rings. The van der Waals surface area contributed by atoms with E-state index in [1.807, 2.05) is 0 Å². The molecule has 0 aromatic heterocycles. The van der Waals surface area contributed by atoms with Crippen LogP contribution in [0.25, 0.3) is 0 Å². The van der Waals surface area contributed by atoms with Gasteiger partial charge < -0.3 is 29.5 Å². The van der Waals surface area contributed by atoms with E-state index in [-0.39, 0.29) is 6.61 Å². The second kappa shape index (κ2) is 5.01. The number of hydrogen-bond acceptors (Lipinski definition) is 6. The van der Waals surface area contributed by atoms with Gasteiger partial charge in [0.25, 0.3) is 0 Å². The molecule has 0 aromatic rings. The Kier molecular flexibility index (Phi) is 4.24. The van der Waals surface area contributed by atoms with Crippen LogP contribution in [0.15, 0.2) is 0 Å². The SMILES string of the molecule is COCC(O)C1OC(OC)C(O)C1O. The predicted octanol–water partition coefficient (Wildman–Crippen LogP) is -1.91. The summed E-state index contributed by atoms with van der Waals surface area (Å²) in [5.74, 6) is 0. The van der Waals surface area contributed by atoms with Gasteiger partial charge in [-0.3, -0.25) is 0 Å². The van der Waals surface area contributed by atoms with Crippen molar-refractivity contribution in [2.75, 3.05) is 20.8 Å². The number of rotatable bonds is 4. The summed E-state index contributed by atoms with van der Waals surface area (Å²) >= 11 is 0. The molecule has 1 saturated heterocycles. The highest BCUT2D eigenvalue weighted by atomic mass is 16.7. The Morgan fingerprint density at radius 3 is 2.36 bits per heavy atom. The quantitative estimate of drug-likeness (QED) is 0.499. The predicted molar refractivity (Wildman–Crippen MR) is 45.6 cm³/mol. The van der Waals surface area contributed by atoms with E-state index >= 15 is 0 Å². The van der Waals surface area contributed by atoms with Gasteiger partial charge in [0, 0.05) is 14.2 Å². The third kappa shape index (κ3) is 2.22. The Balaban J connectivity index is 2.55. The molecule has 5 unspecified atom stereocenters. The van der Waals surface area contributed by atoms with Crippen LogP contribution in [0.2, 0.25) is 0 Å². The monoisotopic (exact) mass is 208 g/mol. The Labute approximate surface area is 82.0 Å². The summed E-state index contributed by atoms with van der Waals surface area (Å²) in [6.45, 7) is 0.0326. The molecule has 1 rings (SSSR count). The van der Waals surface area contributed by atoms with E-state index < -0.39 is 30.7 Å². The fourth-order valence-corrected chi connectivity index (χ4v) is 1.45. The molecule has 1 aliphatic heterocycles. The first-order chi connectivity index (χ1) is 6.61. The highest BCUT2D eigenvalue weighted by molar-refractivity contribution is 4.90. The van der Waals surface area contributed by atoms with Crippen molar-refractivity contribution in [2.45, 2.75) is 30.7 Å². The van der Waals surface area contributed by atoms with Gasteiger partial charge in [-0.15, -0.1) is 0 Å². The number of aliphatic hydroxyl groups excluding tert-OH is 3. The zero-order valence-corrected chi connectivity index (χ0v) is 8.16. The molecular weight excluding hydrogens is 192 g/mol. The van der Waals surface area contributed by atoms with Crippen molar-refractivity contribution in [2.24, 2.45) is 0 Å². The van der Waals surface area contributed by atoms with Gasteiger partial charge in [0.15, 0.2) is 6.29 Å². The van der Waals surface area contributed by atoms with Gasteiger partial charge in [0.2, 0.25) is 0 Å². The molecule has 0 bridgehead atoms. The summed E-state index contributed by atoms with van der Waals surface area (Å²) in [6, 6.07) is 0. The summed E-state index contributed by atoms with van der Waals surface area (Å²) in [6.07, 6.45) is -5.07. The minimum Gasteiger partial charge on any atom is -0.388 e. The van der Waals surface area contributed by atoms with E-state index in [9.17, 15) is 15.3 Å². The molecule has 6 nitrogen and oxygen atoms in total. The summed E-state index contributed by atoms with van der Waals surface area (Å²) in [5.41, 5.74) is 0. The zero-order valence-electron chi connectivity index (χ0n) is 8.16. The van der Waals surface area contributed by atoms with Crippen molar-refractivity contribution >= 4 is 0 Å². The lowest BCUT2D eigenvalue weighted by Gasteiger charge is -2.19. The van der Waals surface area contributed by atoms with E-state index in [0.717, 1.165) is 0 Å². The van der Waals surface area contributed by atoms with Gasteiger partial charge in [-0.25, -0.2) is 0 Å². The molecule has 1 aliphatic rings. The molecule has 0 aromatic carbocycles. The van der Waals surface area contributed by atoms with Crippen molar-refractivity contribution in [3.05, 3.63) is 0 Å². The fourth-order valence-electron chi connectivity index (χ4n) is 1.45. The van der Waals surface area contributed by atoms with Crippen LogP contribution in [0.3, 0.4) is 0 Å². The van der Waals surface area contributed by atoms with Crippen LogP contribution in [0.4, 0.5) is 0 Å². The molecule has 0 radical (unpaired) electrons. The molecule has 0 amide bonds. The minimum absolute atomic E-state index is 0.0326. The smallest absolute Gasteiger partial charge is 0.186 e. The second-order valence-electron chi connectivity index (χ2n) is 3.21. The normalized spacial score (nSPS) is 40.1. The van der Waals surface area contributed by atoms with Crippen molar-refractivity contribution in [3.63, 3.8) is 0 Å². The minimum atomic E-state index is -1.16. The molecule has 5 atom stereocenters. The van der Waals surface area contributed by atoms with Crippen molar-refractivity contribution < 1.29 is 29.5 Å². The van der Waals surface area contributed by atoms with Crippen LogP contribution in [-0.2, 0) is 14.2 Å². The largest absolute Gasteiger partial charge is 0.388 e. The Hall–Kier alpha value is -0.240. The zero-order chi connectivity index (χ0) is 10.7. The Bertz CT molecular complexity index is 175. The summed E-state index contributed by atoms with van der Waals surface area (Å²) in [7, 11) is 2.78. The van der Waals surface area contributed by atoms with Gasteiger partial charge in [-0.05, 0) is 0 Å². The third-order valence-corrected chi connectivity index (χ3v) is 2.21. The average Bonchev–Trinajstić information content (AvgIpc) is 2.44. The standard InChI is InChI=1S/C8H16O6/c1-12-3-4(9)7-5(10)6(11)8(13-2)14-7/h4-11H,3H2,1-2H3. The maximum atomic E-state index is 9.49. The van der Waals surface area contributed by atoms with Crippen molar-refractivity contribution in [3.8, 4) is 0 Å². The van der Waals surface area contributed by atoms with Gasteiger partial charge in [0.05, 0.1) is 6.61 Å². The second-order valence-corrected chi connectivity index (χ2v) is 3.21. The van der Waals surface area contributed by atoms with Gasteiger partial charge >= 0.3 is 0 Å². The van der Waals surface area contributed by atoms with Crippen molar-refractivity contribution in [1.82, 2.24) is 0 Å². The average molecular weight is 208 g/mol. The van der Waals surface area contributed by atoms with Crippen LogP contribution >= 0.6 is 0 Å². The maximum Gasteiger partial charge on any atom is 0.186 e. The Morgan fingerprint density at radius 2 is 1.93 bits per heavy atom. The molecule has 3 N–H and O–H groups in total. The molecule has 14 heavy (non-hydrogen) atoms. The molecule has 0 spiro atoms. The van der Waals surface area contributed by atoms with E-state index in [1.165, 1.54) is 14.2 Å². The molecule has 6 heteroatoms. The van der Waals surface area contributed by atoms with Crippen molar-refractivity contribution in [1.29, 1.82) is 0 Å². The highest BCUT2D eigenvalue weighted by Gasteiger charge is 2.46. The first-order valence-electron chi connectivity index (χ1n) is 4.33. The molecule has 1 heterocycles. The molecular formula is C8H16O6. The summed E-state index contributed by atoms with van der Waals surface area (Å²) in [4.78, 5) is 0. The van der Waals surface area contributed by atoms with Crippen LogP contribution in [-0.4, -0.2) is 66.9 Å². The van der Waals surface area contributed by atoms with Crippen LogP contribution in [0.5, 0.6) is 0 Å². The first-order valence-corrected chi connectivity index (χ1v) is 4.33. The number of hydrogen-bond donors (Lipinski definition) is 3. The van der Waals surface area contributed by atoms with E-state index in [1.54, 1.807) is 0 Å². The highest BCUT2D eigenvalue weighted by Crippen LogP contribution is 2.24. The van der Waals surface area contributed by atoms with Crippen LogP contribution in [0, 0.1) is 0 Å². The summed E-state index contributed by atoms with van der Waals surface area (Å²) < 4.78 is 14.6. The van der Waals surface area contributed by atoms with E-state index in [2.05, 4.69) is 0 Å². The lowest BCUT2D eigenvalue weighted by atomic mass is 10.1. The number of aliphatic hydroxyl groups is 3. The lowest BCUT2D eigenvalue weighted by Crippen LogP contribution is -2.40. The molecule has 0 saturated carbocycles. The van der Waals surface area contributed by atoms with E-state index in [0.29, 0.717) is 0 Å². The Morgan fingerprint density at radius 1 is 1.29 bits per heavy atom. The fraction of sp³-hybridized carbons (Fsp3) is 1.00. The first kappa shape index (κ1) is 11.8. The van der Waals surface area contributed by atoms with E-state index in [4.69, 9.17) is 14.2 Å². The molecule has 0 aliphatic carbocycles. The van der Waals surface area contributed by atoms with Gasteiger partial charge in [0.1, 0.15) is 24.4 Å². The summed E-state index contributed by atoms with van der Waals surface area (Å²) in [5, 5.41) is 28.4. The van der Waals surface area contributed by atoms with Gasteiger partial charge in [-0.2, -0.15) is 0 Å². The van der Waals surface area contributed by atoms with Gasteiger partial charge in [-0.1, -0.05) is 0 Å². The topological polar surface area (TPSA) is 88.4 Å². The van der Waals surface area contributed by atoms with Crippen LogP contribution in [0.1, 0.15) is 0 Å².